The third-order valence-corrected chi connectivity index (χ3v) is 3.26. The molecular formula is C7H5BrClFOS. The van der Waals surface area contributed by atoms with Gasteiger partial charge in [0.1, 0.15) is 10.6 Å². The van der Waals surface area contributed by atoms with Crippen LogP contribution in [0.1, 0.15) is 0 Å². The van der Waals surface area contributed by atoms with Crippen molar-refractivity contribution >= 4 is 39.7 Å². The first-order chi connectivity index (χ1) is 5.70. The van der Waals surface area contributed by atoms with E-state index in [2.05, 4.69) is 15.9 Å². The van der Waals surface area contributed by atoms with E-state index >= 15 is 0 Å². The van der Waals surface area contributed by atoms with E-state index < -0.39 is 0 Å². The first kappa shape index (κ1) is 10.2. The van der Waals surface area contributed by atoms with Crippen LogP contribution in [0.15, 0.2) is 21.5 Å². The molecule has 0 saturated heterocycles. The lowest BCUT2D eigenvalue weighted by atomic mass is 10.3. The van der Waals surface area contributed by atoms with E-state index in [4.69, 9.17) is 16.3 Å². The molecule has 12 heavy (non-hydrogen) atoms. The fourth-order valence-corrected chi connectivity index (χ4v) is 1.86. The van der Waals surface area contributed by atoms with Gasteiger partial charge in [0.15, 0.2) is 0 Å². The van der Waals surface area contributed by atoms with Crippen molar-refractivity contribution in [2.45, 2.75) is 4.90 Å². The quantitative estimate of drug-likeness (QED) is 0.801. The molecule has 0 radical (unpaired) electrons. The lowest BCUT2D eigenvalue weighted by molar-refractivity contribution is 0.404. The van der Waals surface area contributed by atoms with Gasteiger partial charge in [-0.05, 0) is 28.1 Å². The molecule has 0 fully saturated rings. The van der Waals surface area contributed by atoms with Crippen molar-refractivity contribution in [2.24, 2.45) is 0 Å². The average molecular weight is 272 g/mol. The fraction of sp³-hybridized carbons (Fsp3) is 0.143. The van der Waals surface area contributed by atoms with Crippen molar-refractivity contribution in [3.05, 3.63) is 21.6 Å². The van der Waals surface area contributed by atoms with Gasteiger partial charge in [-0.25, -0.2) is 0 Å². The van der Waals surface area contributed by atoms with Gasteiger partial charge in [-0.1, -0.05) is 11.6 Å². The van der Waals surface area contributed by atoms with Crippen LogP contribution in [0.5, 0.6) is 5.75 Å². The molecule has 66 valence electrons. The Hall–Kier alpha value is 0.0700. The summed E-state index contributed by atoms with van der Waals surface area (Å²) in [6.45, 7) is 0. The topological polar surface area (TPSA) is 9.23 Å². The number of hydrogen-bond donors (Lipinski definition) is 0. The Morgan fingerprint density at radius 1 is 1.58 bits per heavy atom. The highest BCUT2D eigenvalue weighted by atomic mass is 79.9. The average Bonchev–Trinajstić information content (AvgIpc) is 2.09. The summed E-state index contributed by atoms with van der Waals surface area (Å²) < 4.78 is 17.9. The minimum absolute atomic E-state index is 0.0738. The normalized spacial score (nSPS) is 10.0. The largest absolute Gasteiger partial charge is 0.495 e. The maximum absolute atomic E-state index is 12.3. The van der Waals surface area contributed by atoms with Crippen LogP contribution < -0.4 is 4.74 Å². The van der Waals surface area contributed by atoms with Crippen LogP contribution >= 0.6 is 39.7 Å². The molecule has 0 amide bonds. The van der Waals surface area contributed by atoms with E-state index in [0.717, 1.165) is 0 Å². The number of benzene rings is 1. The van der Waals surface area contributed by atoms with Crippen LogP contribution in [0.3, 0.4) is 0 Å². The fourth-order valence-electron chi connectivity index (χ4n) is 0.747. The third-order valence-electron chi connectivity index (χ3n) is 1.31. The van der Waals surface area contributed by atoms with E-state index in [1.165, 1.54) is 7.11 Å². The van der Waals surface area contributed by atoms with Crippen LogP contribution in [0.2, 0.25) is 5.02 Å². The minimum atomic E-state index is 0.0738. The number of methoxy groups -OCH3 is 1. The molecule has 0 aliphatic rings. The zero-order valence-electron chi connectivity index (χ0n) is 6.11. The van der Waals surface area contributed by atoms with Gasteiger partial charge in [-0.3, -0.25) is 0 Å². The second kappa shape index (κ2) is 4.35. The summed E-state index contributed by atoms with van der Waals surface area (Å²) >= 11 is 9.05. The second-order valence-electron chi connectivity index (χ2n) is 1.97. The standard InChI is InChI=1S/C7H5BrClFOS/c1-11-5-3-2-4(8)6(9)7(5)12-10/h2-3H,1H3. The summed E-state index contributed by atoms with van der Waals surface area (Å²) in [4.78, 5) is 0.300. The van der Waals surface area contributed by atoms with Crippen LogP contribution in [0, 0.1) is 0 Å². The summed E-state index contributed by atoms with van der Waals surface area (Å²) in [5, 5.41) is 0.335. The van der Waals surface area contributed by atoms with E-state index in [-0.39, 0.29) is 12.1 Å². The molecule has 1 nitrogen and oxygen atoms in total. The van der Waals surface area contributed by atoms with Crippen molar-refractivity contribution < 1.29 is 8.62 Å². The van der Waals surface area contributed by atoms with E-state index in [1.54, 1.807) is 12.1 Å². The summed E-state index contributed by atoms with van der Waals surface area (Å²) in [6.07, 6.45) is 0. The zero-order chi connectivity index (χ0) is 9.14. The first-order valence-electron chi connectivity index (χ1n) is 3.01. The van der Waals surface area contributed by atoms with Crippen LogP contribution in [0.4, 0.5) is 3.89 Å². The minimum Gasteiger partial charge on any atom is -0.495 e. The summed E-state index contributed by atoms with van der Waals surface area (Å²) in [5.41, 5.74) is 0. The monoisotopic (exact) mass is 270 g/mol. The van der Waals surface area contributed by atoms with Crippen molar-refractivity contribution in [2.75, 3.05) is 7.11 Å². The Kier molecular flexibility index (Phi) is 3.68. The van der Waals surface area contributed by atoms with Crippen LogP contribution in [0.25, 0.3) is 0 Å². The first-order valence-corrected chi connectivity index (χ1v) is 4.90. The molecule has 0 atom stereocenters. The molecule has 0 N–H and O–H groups in total. The molecule has 5 heteroatoms. The Morgan fingerprint density at radius 3 is 2.75 bits per heavy atom. The number of rotatable bonds is 2. The summed E-state index contributed by atoms with van der Waals surface area (Å²) in [5.74, 6) is 0.440. The Morgan fingerprint density at radius 2 is 2.25 bits per heavy atom. The molecule has 1 aromatic rings. The zero-order valence-corrected chi connectivity index (χ0v) is 9.26. The predicted molar refractivity (Wildman–Crippen MR) is 52.7 cm³/mol. The highest BCUT2D eigenvalue weighted by molar-refractivity contribution is 9.10. The predicted octanol–water partition coefficient (Wildman–Crippen LogP) is 4.09. The number of halogens is 3. The van der Waals surface area contributed by atoms with Gasteiger partial charge < -0.3 is 4.74 Å². The van der Waals surface area contributed by atoms with Gasteiger partial charge in [0.25, 0.3) is 0 Å². The Labute approximate surface area is 87.7 Å². The maximum atomic E-state index is 12.3. The second-order valence-corrected chi connectivity index (χ2v) is 3.76. The van der Waals surface area contributed by atoms with Gasteiger partial charge in [-0.15, -0.1) is 0 Å². The highest BCUT2D eigenvalue weighted by Crippen LogP contribution is 2.40. The smallest absolute Gasteiger partial charge is 0.136 e. The van der Waals surface area contributed by atoms with Gasteiger partial charge in [-0.2, -0.15) is 3.89 Å². The molecule has 0 aliphatic carbocycles. The van der Waals surface area contributed by atoms with E-state index in [0.29, 0.717) is 20.1 Å². The van der Waals surface area contributed by atoms with Gasteiger partial charge in [0, 0.05) is 4.47 Å². The molecule has 0 saturated carbocycles. The molecule has 0 unspecified atom stereocenters. The van der Waals surface area contributed by atoms with Crippen molar-refractivity contribution in [3.63, 3.8) is 0 Å². The number of hydrogen-bond acceptors (Lipinski definition) is 2. The van der Waals surface area contributed by atoms with Gasteiger partial charge in [0.05, 0.1) is 24.3 Å². The summed E-state index contributed by atoms with van der Waals surface area (Å²) in [7, 11) is 1.47. The van der Waals surface area contributed by atoms with Gasteiger partial charge >= 0.3 is 0 Å². The van der Waals surface area contributed by atoms with E-state index in [1.807, 2.05) is 0 Å². The van der Waals surface area contributed by atoms with Crippen molar-refractivity contribution in [3.8, 4) is 5.75 Å². The van der Waals surface area contributed by atoms with Crippen molar-refractivity contribution in [1.82, 2.24) is 0 Å². The molecule has 1 aromatic carbocycles. The van der Waals surface area contributed by atoms with Gasteiger partial charge in [0.2, 0.25) is 0 Å². The molecule has 0 spiro atoms. The molecule has 0 bridgehead atoms. The molecule has 0 aromatic heterocycles. The Bertz CT molecular complexity index is 295. The molecule has 1 rings (SSSR count). The maximum Gasteiger partial charge on any atom is 0.136 e. The van der Waals surface area contributed by atoms with Crippen LogP contribution in [-0.2, 0) is 0 Å². The van der Waals surface area contributed by atoms with Crippen LogP contribution in [-0.4, -0.2) is 7.11 Å². The molecule has 0 aliphatic heterocycles. The van der Waals surface area contributed by atoms with E-state index in [9.17, 15) is 3.89 Å². The number of ether oxygens (including phenoxy) is 1. The highest BCUT2D eigenvalue weighted by Gasteiger charge is 2.11. The molecular weight excluding hydrogens is 266 g/mol. The van der Waals surface area contributed by atoms with Crippen molar-refractivity contribution in [1.29, 1.82) is 0 Å². The lowest BCUT2D eigenvalue weighted by Gasteiger charge is -2.06. The Balaban J connectivity index is 3.25. The molecule has 0 heterocycles. The lowest BCUT2D eigenvalue weighted by Crippen LogP contribution is -1.86. The SMILES string of the molecule is COc1ccc(Br)c(Cl)c1SF. The summed E-state index contributed by atoms with van der Waals surface area (Å²) in [6, 6.07) is 3.36. The third kappa shape index (κ3) is 1.87.